The lowest BCUT2D eigenvalue weighted by Crippen LogP contribution is -2.49. The van der Waals surface area contributed by atoms with Crippen LogP contribution in [0.2, 0.25) is 0 Å². The number of hydrogen-bond acceptors (Lipinski definition) is 8. The zero-order valence-electron chi connectivity index (χ0n) is 25.8. The molecule has 0 atom stereocenters. The van der Waals surface area contributed by atoms with Gasteiger partial charge in [0.1, 0.15) is 18.4 Å². The molecule has 44 heavy (non-hydrogen) atoms. The van der Waals surface area contributed by atoms with Crippen molar-refractivity contribution >= 4 is 45.2 Å². The zero-order chi connectivity index (χ0) is 30.8. The normalized spacial score (nSPS) is 14.1. The molecule has 0 unspecified atom stereocenters. The number of nitrogens with zero attached hydrogens (tertiary/aromatic N) is 6. The molecule has 0 bridgehead atoms. The molecule has 2 N–H and O–H groups in total. The SMILES string of the molecule is CCN(c1ncnc2c1ncn2-c1ccc(NC(=O)Nc2cc(C(C)(C)C)ccc2OC)c2ccccc12)N1CCOCC1. The Balaban J connectivity index is 1.32. The van der Waals surface area contributed by atoms with Gasteiger partial charge in [0.25, 0.3) is 0 Å². The minimum atomic E-state index is -0.361. The highest BCUT2D eigenvalue weighted by molar-refractivity contribution is 6.08. The van der Waals surface area contributed by atoms with Crippen LogP contribution in [0.5, 0.6) is 5.75 Å². The molecule has 1 saturated heterocycles. The van der Waals surface area contributed by atoms with Crippen LogP contribution >= 0.6 is 0 Å². The van der Waals surface area contributed by atoms with Crippen LogP contribution in [-0.4, -0.2) is 70.5 Å². The Hall–Kier alpha value is -4.74. The topological polar surface area (TPSA) is 110 Å². The molecule has 2 aromatic heterocycles. The molecule has 0 radical (unpaired) electrons. The van der Waals surface area contributed by atoms with E-state index >= 15 is 0 Å². The molecule has 1 fully saturated rings. The number of hydrogen-bond donors (Lipinski definition) is 2. The molecule has 0 saturated carbocycles. The summed E-state index contributed by atoms with van der Waals surface area (Å²) < 4.78 is 13.0. The van der Waals surface area contributed by atoms with E-state index in [4.69, 9.17) is 14.5 Å². The number of urea groups is 1. The van der Waals surface area contributed by atoms with E-state index in [9.17, 15) is 4.79 Å². The van der Waals surface area contributed by atoms with Crippen molar-refractivity contribution in [2.24, 2.45) is 0 Å². The van der Waals surface area contributed by atoms with Crippen LogP contribution in [0, 0.1) is 0 Å². The van der Waals surface area contributed by atoms with E-state index in [1.807, 2.05) is 59.2 Å². The summed E-state index contributed by atoms with van der Waals surface area (Å²) in [6, 6.07) is 17.3. The van der Waals surface area contributed by atoms with Crippen molar-refractivity contribution < 1.29 is 14.3 Å². The minimum absolute atomic E-state index is 0.0777. The Kier molecular flexibility index (Phi) is 8.07. The molecule has 228 valence electrons. The summed E-state index contributed by atoms with van der Waals surface area (Å²) in [7, 11) is 1.59. The van der Waals surface area contributed by atoms with Crippen molar-refractivity contribution in [2.45, 2.75) is 33.1 Å². The summed E-state index contributed by atoms with van der Waals surface area (Å²) in [5.74, 6) is 1.36. The maximum absolute atomic E-state index is 13.3. The number of hydrazine groups is 1. The summed E-state index contributed by atoms with van der Waals surface area (Å²) >= 11 is 0. The van der Waals surface area contributed by atoms with Gasteiger partial charge in [-0.15, -0.1) is 0 Å². The smallest absolute Gasteiger partial charge is 0.323 e. The first-order valence-corrected chi connectivity index (χ1v) is 14.9. The molecule has 0 aliphatic carbocycles. The van der Waals surface area contributed by atoms with Crippen molar-refractivity contribution in [1.82, 2.24) is 24.5 Å². The molecule has 1 aliphatic rings. The van der Waals surface area contributed by atoms with Gasteiger partial charge in [-0.3, -0.25) is 9.58 Å². The molecule has 11 heteroatoms. The van der Waals surface area contributed by atoms with Gasteiger partial charge in [0, 0.05) is 30.4 Å². The third-order valence-electron chi connectivity index (χ3n) is 7.91. The second-order valence-electron chi connectivity index (χ2n) is 11.7. The molecule has 1 aliphatic heterocycles. The average Bonchev–Trinajstić information content (AvgIpc) is 3.46. The third kappa shape index (κ3) is 5.63. The number of fused-ring (bicyclic) bond motifs is 2. The molecule has 2 amide bonds. The van der Waals surface area contributed by atoms with Gasteiger partial charge in [-0.25, -0.2) is 24.8 Å². The summed E-state index contributed by atoms with van der Waals surface area (Å²) in [5.41, 5.74) is 4.62. The highest BCUT2D eigenvalue weighted by atomic mass is 16.5. The minimum Gasteiger partial charge on any atom is -0.495 e. The lowest BCUT2D eigenvalue weighted by Gasteiger charge is -2.37. The molecule has 3 aromatic carbocycles. The van der Waals surface area contributed by atoms with Gasteiger partial charge in [0.05, 0.1) is 37.4 Å². The Morgan fingerprint density at radius 2 is 1.73 bits per heavy atom. The Labute approximate surface area is 256 Å². The van der Waals surface area contributed by atoms with Crippen LogP contribution in [0.25, 0.3) is 27.6 Å². The van der Waals surface area contributed by atoms with Gasteiger partial charge in [-0.1, -0.05) is 51.1 Å². The second-order valence-corrected chi connectivity index (χ2v) is 11.7. The highest BCUT2D eigenvalue weighted by Crippen LogP contribution is 2.34. The summed E-state index contributed by atoms with van der Waals surface area (Å²) in [5, 5.41) is 12.3. The maximum atomic E-state index is 13.3. The number of morpholine rings is 1. The maximum Gasteiger partial charge on any atom is 0.323 e. The van der Waals surface area contributed by atoms with Gasteiger partial charge in [0.15, 0.2) is 17.0 Å². The standard InChI is InChI=1S/C33H38N8O3/c1-6-41(39-15-17-44-18-16-39)31-29-30(34-20-35-31)40(21-36-29)27-13-12-25(23-9-7-8-10-24(23)27)37-32(42)38-26-19-22(33(2,3)4)11-14-28(26)43-5/h7-14,19-21H,6,15-18H2,1-5H3,(H2,37,38,42). The first kappa shape index (κ1) is 29.3. The molecular weight excluding hydrogens is 556 g/mol. The number of methoxy groups -OCH3 is 1. The number of ether oxygens (including phenoxy) is 2. The molecule has 11 nitrogen and oxygen atoms in total. The van der Waals surface area contributed by atoms with E-state index in [0.717, 1.165) is 53.0 Å². The molecular formula is C33H38N8O3. The largest absolute Gasteiger partial charge is 0.495 e. The third-order valence-corrected chi connectivity index (χ3v) is 7.91. The van der Waals surface area contributed by atoms with Crippen LogP contribution in [0.15, 0.2) is 67.3 Å². The fourth-order valence-electron chi connectivity index (χ4n) is 5.62. The van der Waals surface area contributed by atoms with Crippen molar-refractivity contribution in [2.75, 3.05) is 55.6 Å². The van der Waals surface area contributed by atoms with Crippen LogP contribution in [-0.2, 0) is 10.2 Å². The summed E-state index contributed by atoms with van der Waals surface area (Å²) in [4.78, 5) is 27.3. The Morgan fingerprint density at radius 3 is 2.45 bits per heavy atom. The van der Waals surface area contributed by atoms with E-state index in [1.165, 1.54) is 0 Å². The number of carbonyl (C=O) groups is 1. The van der Waals surface area contributed by atoms with Crippen molar-refractivity contribution in [3.8, 4) is 11.4 Å². The van der Waals surface area contributed by atoms with Gasteiger partial charge in [0.2, 0.25) is 0 Å². The van der Waals surface area contributed by atoms with Crippen molar-refractivity contribution in [1.29, 1.82) is 0 Å². The quantitative estimate of drug-likeness (QED) is 0.236. The lowest BCUT2D eigenvalue weighted by molar-refractivity contribution is 0.0320. The van der Waals surface area contributed by atoms with E-state index < -0.39 is 0 Å². The van der Waals surface area contributed by atoms with Crippen molar-refractivity contribution in [3.05, 3.63) is 72.8 Å². The van der Waals surface area contributed by atoms with E-state index in [0.29, 0.717) is 36.0 Å². The molecule has 3 heterocycles. The van der Waals surface area contributed by atoms with E-state index in [1.54, 1.807) is 19.8 Å². The first-order chi connectivity index (χ1) is 21.3. The predicted molar refractivity (Wildman–Crippen MR) is 174 cm³/mol. The number of imidazole rings is 1. The number of nitrogens with one attached hydrogen (secondary N) is 2. The van der Waals surface area contributed by atoms with Crippen LogP contribution in [0.1, 0.15) is 33.3 Å². The van der Waals surface area contributed by atoms with Crippen LogP contribution < -0.4 is 20.4 Å². The number of amides is 2. The molecule has 6 rings (SSSR count). The van der Waals surface area contributed by atoms with Crippen molar-refractivity contribution in [3.63, 3.8) is 0 Å². The fraction of sp³-hybridized carbons (Fsp3) is 0.333. The van der Waals surface area contributed by atoms with Crippen LogP contribution in [0.4, 0.5) is 22.0 Å². The highest BCUT2D eigenvalue weighted by Gasteiger charge is 2.24. The van der Waals surface area contributed by atoms with E-state index in [-0.39, 0.29) is 11.4 Å². The first-order valence-electron chi connectivity index (χ1n) is 14.9. The number of anilines is 3. The fourth-order valence-corrected chi connectivity index (χ4v) is 5.62. The zero-order valence-corrected chi connectivity index (χ0v) is 25.8. The Morgan fingerprint density at radius 1 is 0.977 bits per heavy atom. The second kappa shape index (κ2) is 12.1. The monoisotopic (exact) mass is 594 g/mol. The molecule has 0 spiro atoms. The summed E-state index contributed by atoms with van der Waals surface area (Å²) in [6.45, 7) is 12.2. The van der Waals surface area contributed by atoms with Crippen LogP contribution in [0.3, 0.4) is 0 Å². The number of benzene rings is 3. The predicted octanol–water partition coefficient (Wildman–Crippen LogP) is 5.99. The average molecular weight is 595 g/mol. The van der Waals surface area contributed by atoms with E-state index in [2.05, 4.69) is 58.3 Å². The Bertz CT molecular complexity index is 1810. The number of aromatic nitrogens is 4. The number of carbonyl (C=O) groups excluding carboxylic acids is 1. The number of rotatable bonds is 7. The van der Waals surface area contributed by atoms with Gasteiger partial charge < -0.3 is 20.1 Å². The summed E-state index contributed by atoms with van der Waals surface area (Å²) in [6.07, 6.45) is 3.37. The lowest BCUT2D eigenvalue weighted by atomic mass is 9.87. The van der Waals surface area contributed by atoms with Gasteiger partial charge >= 0.3 is 6.03 Å². The van der Waals surface area contributed by atoms with Gasteiger partial charge in [-0.05, 0) is 42.2 Å². The molecule has 5 aromatic rings. The van der Waals surface area contributed by atoms with Gasteiger partial charge in [-0.2, -0.15) is 0 Å².